The number of hydrogen-bond acceptors (Lipinski definition) is 3. The zero-order valence-electron chi connectivity index (χ0n) is 13.6. The lowest BCUT2D eigenvalue weighted by Crippen LogP contribution is -2.44. The largest absolute Gasteiger partial charge is 0.370 e. The summed E-state index contributed by atoms with van der Waals surface area (Å²) in [6.07, 6.45) is 3.23. The summed E-state index contributed by atoms with van der Waals surface area (Å²) in [6, 6.07) is 4.10. The van der Waals surface area contributed by atoms with E-state index in [4.69, 9.17) is 0 Å². The number of aromatic nitrogens is 1. The molecule has 0 radical (unpaired) electrons. The van der Waals surface area contributed by atoms with Crippen molar-refractivity contribution in [3.05, 3.63) is 23.4 Å². The molecule has 4 nitrogen and oxygen atoms in total. The Labute approximate surface area is 127 Å². The minimum atomic E-state index is 0.138. The maximum absolute atomic E-state index is 12.8. The van der Waals surface area contributed by atoms with Crippen molar-refractivity contribution in [2.45, 2.75) is 53.0 Å². The Balaban J connectivity index is 2.16. The number of amides is 1. The average molecular weight is 289 g/mol. The van der Waals surface area contributed by atoms with Crippen molar-refractivity contribution < 1.29 is 4.79 Å². The van der Waals surface area contributed by atoms with E-state index in [0.29, 0.717) is 12.0 Å². The van der Waals surface area contributed by atoms with Crippen molar-refractivity contribution in [3.8, 4) is 0 Å². The first-order valence-corrected chi connectivity index (χ1v) is 8.04. The molecule has 21 heavy (non-hydrogen) atoms. The molecule has 1 amide bonds. The third-order valence-corrected chi connectivity index (χ3v) is 4.16. The number of aryl methyl sites for hydroxylation is 1. The fraction of sp³-hybridized carbons (Fsp3) is 0.647. The van der Waals surface area contributed by atoms with Crippen LogP contribution >= 0.6 is 0 Å². The van der Waals surface area contributed by atoms with Crippen molar-refractivity contribution >= 4 is 11.7 Å². The fourth-order valence-corrected chi connectivity index (χ4v) is 3.01. The van der Waals surface area contributed by atoms with E-state index in [1.165, 1.54) is 0 Å². The summed E-state index contributed by atoms with van der Waals surface area (Å²) in [6.45, 7) is 10.2. The van der Waals surface area contributed by atoms with Gasteiger partial charge in [0.25, 0.3) is 5.91 Å². The van der Waals surface area contributed by atoms with Gasteiger partial charge in [0.1, 0.15) is 5.82 Å². The normalized spacial score (nSPS) is 22.2. The summed E-state index contributed by atoms with van der Waals surface area (Å²) in [4.78, 5) is 19.2. The van der Waals surface area contributed by atoms with Crippen LogP contribution in [0.4, 0.5) is 5.82 Å². The standard InChI is InChI=1S/C17H27N3O/c1-5-7-18-16-11-15(10-13(3)19-16)17(21)20-8-6-12(2)9-14(20)4/h10-12,14H,5-9H2,1-4H3,(H,18,19). The van der Waals surface area contributed by atoms with Gasteiger partial charge < -0.3 is 10.2 Å². The fourth-order valence-electron chi connectivity index (χ4n) is 3.01. The number of likely N-dealkylation sites (tertiary alicyclic amines) is 1. The van der Waals surface area contributed by atoms with Gasteiger partial charge in [-0.05, 0) is 51.2 Å². The van der Waals surface area contributed by atoms with Gasteiger partial charge in [-0.3, -0.25) is 4.79 Å². The Hall–Kier alpha value is -1.58. The molecule has 1 N–H and O–H groups in total. The zero-order valence-corrected chi connectivity index (χ0v) is 13.6. The van der Waals surface area contributed by atoms with E-state index in [1.54, 1.807) is 0 Å². The van der Waals surface area contributed by atoms with E-state index in [1.807, 2.05) is 24.0 Å². The number of carbonyl (C=O) groups is 1. The van der Waals surface area contributed by atoms with E-state index in [-0.39, 0.29) is 5.91 Å². The Morgan fingerprint density at radius 1 is 1.43 bits per heavy atom. The van der Waals surface area contributed by atoms with E-state index < -0.39 is 0 Å². The molecule has 1 aliphatic rings. The van der Waals surface area contributed by atoms with Gasteiger partial charge in [0.2, 0.25) is 0 Å². The van der Waals surface area contributed by atoms with E-state index in [2.05, 4.69) is 31.1 Å². The van der Waals surface area contributed by atoms with Crippen LogP contribution in [0.3, 0.4) is 0 Å². The summed E-state index contributed by atoms with van der Waals surface area (Å²) in [5.41, 5.74) is 1.64. The van der Waals surface area contributed by atoms with Crippen LogP contribution in [-0.4, -0.2) is 34.9 Å². The molecule has 1 aromatic heterocycles. The Morgan fingerprint density at radius 3 is 2.86 bits per heavy atom. The molecule has 2 atom stereocenters. The van der Waals surface area contributed by atoms with Crippen molar-refractivity contribution in [3.63, 3.8) is 0 Å². The van der Waals surface area contributed by atoms with E-state index >= 15 is 0 Å². The first-order chi connectivity index (χ1) is 10.0. The molecule has 1 saturated heterocycles. The molecule has 116 valence electrons. The quantitative estimate of drug-likeness (QED) is 0.923. The molecule has 0 saturated carbocycles. The second-order valence-electron chi connectivity index (χ2n) is 6.29. The highest BCUT2D eigenvalue weighted by Gasteiger charge is 2.27. The number of nitrogens with zero attached hydrogens (tertiary/aromatic N) is 2. The Kier molecular flexibility index (Phi) is 5.21. The number of rotatable bonds is 4. The van der Waals surface area contributed by atoms with Crippen molar-refractivity contribution in [1.82, 2.24) is 9.88 Å². The predicted octanol–water partition coefficient (Wildman–Crippen LogP) is 3.47. The third kappa shape index (κ3) is 3.96. The smallest absolute Gasteiger partial charge is 0.254 e. The summed E-state index contributed by atoms with van der Waals surface area (Å²) >= 11 is 0. The van der Waals surface area contributed by atoms with Gasteiger partial charge >= 0.3 is 0 Å². The maximum atomic E-state index is 12.8. The highest BCUT2D eigenvalue weighted by atomic mass is 16.2. The lowest BCUT2D eigenvalue weighted by Gasteiger charge is -2.36. The molecule has 0 aromatic carbocycles. The number of pyridine rings is 1. The van der Waals surface area contributed by atoms with Crippen LogP contribution in [0.15, 0.2) is 12.1 Å². The van der Waals surface area contributed by atoms with Crippen LogP contribution in [0.2, 0.25) is 0 Å². The molecule has 0 bridgehead atoms. The molecule has 0 aliphatic carbocycles. The summed E-state index contributed by atoms with van der Waals surface area (Å²) < 4.78 is 0. The lowest BCUT2D eigenvalue weighted by atomic mass is 9.93. The predicted molar refractivity (Wildman–Crippen MR) is 86.7 cm³/mol. The molecule has 0 spiro atoms. The number of anilines is 1. The van der Waals surface area contributed by atoms with Crippen LogP contribution in [0.5, 0.6) is 0 Å². The van der Waals surface area contributed by atoms with E-state index in [9.17, 15) is 4.79 Å². The van der Waals surface area contributed by atoms with Crippen molar-refractivity contribution in [2.75, 3.05) is 18.4 Å². The van der Waals surface area contributed by atoms with Crippen LogP contribution in [0.1, 0.15) is 56.1 Å². The van der Waals surface area contributed by atoms with E-state index in [0.717, 1.165) is 49.4 Å². The first-order valence-electron chi connectivity index (χ1n) is 8.04. The number of piperidine rings is 1. The van der Waals surface area contributed by atoms with Gasteiger partial charge in [-0.25, -0.2) is 4.98 Å². The molecule has 4 heteroatoms. The minimum Gasteiger partial charge on any atom is -0.370 e. The third-order valence-electron chi connectivity index (χ3n) is 4.16. The van der Waals surface area contributed by atoms with Crippen LogP contribution in [-0.2, 0) is 0 Å². The summed E-state index contributed by atoms with van der Waals surface area (Å²) in [7, 11) is 0. The van der Waals surface area contributed by atoms with Gasteiger partial charge in [-0.15, -0.1) is 0 Å². The maximum Gasteiger partial charge on any atom is 0.254 e. The number of carbonyl (C=O) groups excluding carboxylic acids is 1. The van der Waals surface area contributed by atoms with Crippen LogP contribution in [0, 0.1) is 12.8 Å². The molecule has 1 fully saturated rings. The van der Waals surface area contributed by atoms with Crippen molar-refractivity contribution in [2.24, 2.45) is 5.92 Å². The minimum absolute atomic E-state index is 0.138. The highest BCUT2D eigenvalue weighted by Crippen LogP contribution is 2.24. The summed E-state index contributed by atoms with van der Waals surface area (Å²) in [5, 5.41) is 3.27. The zero-order chi connectivity index (χ0) is 15.4. The second kappa shape index (κ2) is 6.92. The number of hydrogen-bond donors (Lipinski definition) is 1. The molecule has 2 rings (SSSR count). The second-order valence-corrected chi connectivity index (χ2v) is 6.29. The van der Waals surface area contributed by atoms with Crippen LogP contribution in [0.25, 0.3) is 0 Å². The topological polar surface area (TPSA) is 45.2 Å². The molecular weight excluding hydrogens is 262 g/mol. The Bertz CT molecular complexity index is 501. The van der Waals surface area contributed by atoms with Gasteiger partial charge in [-0.2, -0.15) is 0 Å². The Morgan fingerprint density at radius 2 is 2.19 bits per heavy atom. The lowest BCUT2D eigenvalue weighted by molar-refractivity contribution is 0.0588. The monoisotopic (exact) mass is 289 g/mol. The van der Waals surface area contributed by atoms with Gasteiger partial charge in [0.15, 0.2) is 0 Å². The average Bonchev–Trinajstić information content (AvgIpc) is 2.44. The van der Waals surface area contributed by atoms with Gasteiger partial charge in [0, 0.05) is 30.4 Å². The molecule has 2 unspecified atom stereocenters. The summed E-state index contributed by atoms with van der Waals surface area (Å²) in [5.74, 6) is 1.66. The number of nitrogens with one attached hydrogen (secondary N) is 1. The van der Waals surface area contributed by atoms with Gasteiger partial charge in [0.05, 0.1) is 0 Å². The molecule has 2 heterocycles. The molecule has 1 aliphatic heterocycles. The molecular formula is C17H27N3O. The van der Waals surface area contributed by atoms with Crippen LogP contribution < -0.4 is 5.32 Å². The molecule has 1 aromatic rings. The van der Waals surface area contributed by atoms with Crippen molar-refractivity contribution in [1.29, 1.82) is 0 Å². The first kappa shape index (κ1) is 15.8. The van der Waals surface area contributed by atoms with Gasteiger partial charge in [-0.1, -0.05) is 13.8 Å². The highest BCUT2D eigenvalue weighted by molar-refractivity contribution is 5.95. The SMILES string of the molecule is CCCNc1cc(C(=O)N2CCC(C)CC2C)cc(C)n1.